The molecular formula is C17H21N5O3. The summed E-state index contributed by atoms with van der Waals surface area (Å²) in [6.45, 7) is 3.55. The summed E-state index contributed by atoms with van der Waals surface area (Å²) in [4.78, 5) is 45.7. The van der Waals surface area contributed by atoms with Gasteiger partial charge in [-0.2, -0.15) is 0 Å². The summed E-state index contributed by atoms with van der Waals surface area (Å²) in [5, 5.41) is 2.79. The van der Waals surface area contributed by atoms with Crippen molar-refractivity contribution in [3.05, 3.63) is 24.0 Å². The highest BCUT2D eigenvalue weighted by molar-refractivity contribution is 5.94. The third-order valence-electron chi connectivity index (χ3n) is 5.07. The van der Waals surface area contributed by atoms with Crippen molar-refractivity contribution in [2.45, 2.75) is 18.9 Å². The van der Waals surface area contributed by atoms with Gasteiger partial charge in [0, 0.05) is 51.0 Å². The van der Waals surface area contributed by atoms with Crippen molar-refractivity contribution < 1.29 is 14.4 Å². The maximum Gasteiger partial charge on any atom is 0.272 e. The molecule has 25 heavy (non-hydrogen) atoms. The largest absolute Gasteiger partial charge is 0.360 e. The Bertz CT molecular complexity index is 716. The van der Waals surface area contributed by atoms with Gasteiger partial charge in [-0.3, -0.25) is 19.4 Å². The second kappa shape index (κ2) is 6.34. The average molecular weight is 343 g/mol. The quantitative estimate of drug-likeness (QED) is 0.797. The minimum absolute atomic E-state index is 0.0168. The number of hydrogen-bond acceptors (Lipinski definition) is 5. The van der Waals surface area contributed by atoms with Gasteiger partial charge in [-0.25, -0.2) is 0 Å². The molecule has 0 saturated carbocycles. The monoisotopic (exact) mass is 343 g/mol. The van der Waals surface area contributed by atoms with E-state index in [2.05, 4.69) is 10.3 Å². The molecule has 0 bridgehead atoms. The van der Waals surface area contributed by atoms with Crippen LogP contribution in [0.5, 0.6) is 0 Å². The van der Waals surface area contributed by atoms with Gasteiger partial charge in [0.1, 0.15) is 5.69 Å². The van der Waals surface area contributed by atoms with E-state index in [4.69, 9.17) is 0 Å². The summed E-state index contributed by atoms with van der Waals surface area (Å²) in [5.74, 6) is 0.0589. The van der Waals surface area contributed by atoms with E-state index in [0.717, 1.165) is 18.7 Å². The van der Waals surface area contributed by atoms with Gasteiger partial charge < -0.3 is 20.0 Å². The van der Waals surface area contributed by atoms with E-state index >= 15 is 0 Å². The normalized spacial score (nSPS) is 21.4. The lowest BCUT2D eigenvalue weighted by Crippen LogP contribution is -2.61. The first-order chi connectivity index (χ1) is 12.1. The number of carbonyl (C=O) groups is 3. The topological polar surface area (TPSA) is 85.9 Å². The minimum Gasteiger partial charge on any atom is -0.360 e. The van der Waals surface area contributed by atoms with Gasteiger partial charge in [-0.15, -0.1) is 0 Å². The molecule has 1 N–H and O–H groups in total. The lowest BCUT2D eigenvalue weighted by atomic mass is 10.1. The fourth-order valence-electron chi connectivity index (χ4n) is 3.63. The van der Waals surface area contributed by atoms with Gasteiger partial charge in [0.15, 0.2) is 0 Å². The Balaban J connectivity index is 1.40. The third-order valence-corrected chi connectivity index (χ3v) is 5.07. The van der Waals surface area contributed by atoms with Gasteiger partial charge in [0.05, 0.1) is 12.6 Å². The Kier molecular flexibility index (Phi) is 4.03. The summed E-state index contributed by atoms with van der Waals surface area (Å²) in [6.07, 6.45) is 3.14. The van der Waals surface area contributed by atoms with Gasteiger partial charge in [-0.1, -0.05) is 0 Å². The van der Waals surface area contributed by atoms with Crippen LogP contribution in [0.1, 0.15) is 23.3 Å². The summed E-state index contributed by atoms with van der Waals surface area (Å²) in [5.41, 5.74) is 1.22. The molecule has 3 saturated heterocycles. The summed E-state index contributed by atoms with van der Waals surface area (Å²) in [6, 6.07) is 3.71. The number of carbonyl (C=O) groups excluding carboxylic acids is 3. The fourth-order valence-corrected chi connectivity index (χ4v) is 3.63. The number of aromatic nitrogens is 1. The standard InChI is InChI=1S/C17H21N5O3/c23-15-11-20(7-5-19-15)12-3-4-18-14(8-12)17(25)21-9-13(10-21)22-6-1-2-16(22)24/h3-4,8,13H,1-2,5-7,9-11H2,(H,19,23). The highest BCUT2D eigenvalue weighted by Crippen LogP contribution is 2.23. The average Bonchev–Trinajstić information content (AvgIpc) is 2.99. The molecule has 1 aromatic heterocycles. The number of anilines is 1. The number of hydrogen-bond donors (Lipinski definition) is 1. The first-order valence-corrected chi connectivity index (χ1v) is 8.68. The van der Waals surface area contributed by atoms with Crippen LogP contribution < -0.4 is 10.2 Å². The lowest BCUT2D eigenvalue weighted by molar-refractivity contribution is -0.132. The second-order valence-corrected chi connectivity index (χ2v) is 6.73. The molecule has 0 radical (unpaired) electrons. The predicted octanol–water partition coefficient (Wildman–Crippen LogP) is -0.535. The molecular weight excluding hydrogens is 322 g/mol. The van der Waals surface area contributed by atoms with Crippen molar-refractivity contribution in [3.63, 3.8) is 0 Å². The van der Waals surface area contributed by atoms with Crippen LogP contribution in [0, 0.1) is 0 Å². The molecule has 4 rings (SSSR count). The maximum atomic E-state index is 12.6. The first-order valence-electron chi connectivity index (χ1n) is 8.68. The minimum atomic E-state index is -0.119. The molecule has 3 fully saturated rings. The second-order valence-electron chi connectivity index (χ2n) is 6.73. The number of amides is 3. The number of nitrogens with one attached hydrogen (secondary N) is 1. The molecule has 0 spiro atoms. The number of likely N-dealkylation sites (tertiary alicyclic amines) is 2. The summed E-state index contributed by atoms with van der Waals surface area (Å²) in [7, 11) is 0. The molecule has 0 unspecified atom stereocenters. The molecule has 8 nitrogen and oxygen atoms in total. The van der Waals surface area contributed by atoms with Crippen molar-refractivity contribution in [2.24, 2.45) is 0 Å². The van der Waals surface area contributed by atoms with Gasteiger partial charge in [0.2, 0.25) is 11.8 Å². The van der Waals surface area contributed by atoms with Gasteiger partial charge >= 0.3 is 0 Å². The van der Waals surface area contributed by atoms with E-state index in [9.17, 15) is 14.4 Å². The van der Waals surface area contributed by atoms with Crippen molar-refractivity contribution >= 4 is 23.4 Å². The van der Waals surface area contributed by atoms with Crippen molar-refractivity contribution in [2.75, 3.05) is 44.2 Å². The zero-order chi connectivity index (χ0) is 17.4. The molecule has 1 aromatic rings. The van der Waals surface area contributed by atoms with E-state index in [1.165, 1.54) is 0 Å². The Morgan fingerprint density at radius 3 is 2.80 bits per heavy atom. The Labute approximate surface area is 145 Å². The molecule has 4 heterocycles. The Hall–Kier alpha value is -2.64. The van der Waals surface area contributed by atoms with E-state index in [1.807, 2.05) is 15.9 Å². The maximum absolute atomic E-state index is 12.6. The lowest BCUT2D eigenvalue weighted by Gasteiger charge is -2.43. The van der Waals surface area contributed by atoms with Gasteiger partial charge in [-0.05, 0) is 18.6 Å². The molecule has 0 aromatic carbocycles. The van der Waals surface area contributed by atoms with Crippen LogP contribution in [0.25, 0.3) is 0 Å². The molecule has 3 aliphatic rings. The summed E-state index contributed by atoms with van der Waals surface area (Å²) >= 11 is 0. The molecule has 132 valence electrons. The summed E-state index contributed by atoms with van der Waals surface area (Å²) < 4.78 is 0. The van der Waals surface area contributed by atoms with Gasteiger partial charge in [0.25, 0.3) is 5.91 Å². The highest BCUT2D eigenvalue weighted by Gasteiger charge is 2.39. The van der Waals surface area contributed by atoms with E-state index in [1.54, 1.807) is 17.2 Å². The SMILES string of the molecule is O=C1CN(c2ccnc(C(=O)N3CC(N4CCCC4=O)C3)c2)CCN1. The molecule has 0 aliphatic carbocycles. The van der Waals surface area contributed by atoms with Crippen LogP contribution in [0.3, 0.4) is 0 Å². The van der Waals surface area contributed by atoms with Crippen molar-refractivity contribution in [1.29, 1.82) is 0 Å². The third kappa shape index (κ3) is 3.04. The molecule has 0 atom stereocenters. The Morgan fingerprint density at radius 2 is 2.08 bits per heavy atom. The van der Waals surface area contributed by atoms with Crippen LogP contribution in [0.2, 0.25) is 0 Å². The zero-order valence-corrected chi connectivity index (χ0v) is 14.0. The fraction of sp³-hybridized carbons (Fsp3) is 0.529. The van der Waals surface area contributed by atoms with Crippen LogP contribution in [0.4, 0.5) is 5.69 Å². The number of piperazine rings is 1. The Morgan fingerprint density at radius 1 is 1.24 bits per heavy atom. The van der Waals surface area contributed by atoms with Crippen LogP contribution in [0.15, 0.2) is 18.3 Å². The smallest absolute Gasteiger partial charge is 0.272 e. The van der Waals surface area contributed by atoms with E-state index < -0.39 is 0 Å². The number of rotatable bonds is 3. The molecule has 8 heteroatoms. The van der Waals surface area contributed by atoms with Crippen LogP contribution in [-0.2, 0) is 9.59 Å². The first kappa shape index (κ1) is 15.9. The number of nitrogens with zero attached hydrogens (tertiary/aromatic N) is 4. The van der Waals surface area contributed by atoms with Crippen LogP contribution >= 0.6 is 0 Å². The molecule has 3 aliphatic heterocycles. The number of pyridine rings is 1. The van der Waals surface area contributed by atoms with E-state index in [0.29, 0.717) is 44.8 Å². The van der Waals surface area contributed by atoms with E-state index in [-0.39, 0.29) is 23.8 Å². The molecule has 3 amide bonds. The highest BCUT2D eigenvalue weighted by atomic mass is 16.2. The van der Waals surface area contributed by atoms with Crippen molar-refractivity contribution in [3.8, 4) is 0 Å². The zero-order valence-electron chi connectivity index (χ0n) is 14.0. The predicted molar refractivity (Wildman–Crippen MR) is 90.1 cm³/mol. The van der Waals surface area contributed by atoms with Crippen LogP contribution in [-0.4, -0.2) is 77.8 Å². The van der Waals surface area contributed by atoms with Crippen molar-refractivity contribution in [1.82, 2.24) is 20.1 Å².